The van der Waals surface area contributed by atoms with Crippen LogP contribution in [-0.4, -0.2) is 30.3 Å². The lowest BCUT2D eigenvalue weighted by Crippen LogP contribution is -2.42. The molecule has 0 heterocycles. The van der Waals surface area contributed by atoms with E-state index in [-0.39, 0.29) is 12.0 Å². The van der Waals surface area contributed by atoms with Crippen molar-refractivity contribution in [1.29, 1.82) is 0 Å². The molecular weight excluding hydrogens is 272 g/mol. The van der Waals surface area contributed by atoms with Crippen molar-refractivity contribution >= 4 is 5.97 Å². The quantitative estimate of drug-likeness (QED) is 0.559. The third-order valence-corrected chi connectivity index (χ3v) is 2.74. The Balaban J connectivity index is 2.97. The number of carboxylic acid groups (broad SMARTS) is 1. The van der Waals surface area contributed by atoms with Gasteiger partial charge < -0.3 is 19.3 Å². The number of rotatable bonds is 9. The van der Waals surface area contributed by atoms with E-state index in [0.29, 0.717) is 19.0 Å². The Morgan fingerprint density at radius 3 is 2.24 bits per heavy atom. The Bertz CT molecular complexity index is 461. The predicted molar refractivity (Wildman–Crippen MR) is 79.1 cm³/mol. The normalized spacial score (nSPS) is 12.2. The Morgan fingerprint density at radius 2 is 1.76 bits per heavy atom. The molecule has 5 heteroatoms. The Hall–Kier alpha value is -1.85. The molecule has 1 aromatic carbocycles. The molecule has 0 bridgehead atoms. The van der Waals surface area contributed by atoms with Crippen molar-refractivity contribution in [1.82, 2.24) is 0 Å². The van der Waals surface area contributed by atoms with Crippen molar-refractivity contribution in [2.75, 3.05) is 13.2 Å². The Kier molecular flexibility index (Phi) is 6.91. The largest absolute Gasteiger partial charge is 0.478 e. The summed E-state index contributed by atoms with van der Waals surface area (Å²) in [5, 5.41) is 8.94. The Morgan fingerprint density at radius 1 is 1.19 bits per heavy atom. The molecule has 0 aliphatic rings. The van der Waals surface area contributed by atoms with Crippen molar-refractivity contribution < 1.29 is 24.1 Å². The fourth-order valence-electron chi connectivity index (χ4n) is 1.73. The summed E-state index contributed by atoms with van der Waals surface area (Å²) in [6.45, 7) is 5.94. The van der Waals surface area contributed by atoms with Crippen LogP contribution < -0.4 is 4.74 Å². The first-order valence-electron chi connectivity index (χ1n) is 6.95. The number of aliphatic carboxylic acids is 1. The molecule has 0 amide bonds. The van der Waals surface area contributed by atoms with Gasteiger partial charge in [-0.1, -0.05) is 24.3 Å². The number of benzene rings is 1. The Labute approximate surface area is 125 Å². The maximum atomic E-state index is 10.9. The second-order valence-corrected chi connectivity index (χ2v) is 4.36. The van der Waals surface area contributed by atoms with Gasteiger partial charge >= 0.3 is 11.9 Å². The van der Waals surface area contributed by atoms with Crippen molar-refractivity contribution in [3.8, 4) is 5.75 Å². The van der Waals surface area contributed by atoms with E-state index in [1.807, 2.05) is 32.0 Å². The number of para-hydroxylation sites is 1. The van der Waals surface area contributed by atoms with Gasteiger partial charge in [0.1, 0.15) is 5.75 Å². The van der Waals surface area contributed by atoms with Crippen LogP contribution in [-0.2, 0) is 14.3 Å². The minimum Gasteiger partial charge on any atom is -0.478 e. The van der Waals surface area contributed by atoms with E-state index in [1.165, 1.54) is 13.0 Å². The highest BCUT2D eigenvalue weighted by molar-refractivity contribution is 5.85. The number of hydrogen-bond acceptors (Lipinski definition) is 4. The zero-order chi connectivity index (χ0) is 15.7. The van der Waals surface area contributed by atoms with Gasteiger partial charge in [0, 0.05) is 5.57 Å². The van der Waals surface area contributed by atoms with E-state index in [1.54, 1.807) is 12.1 Å². The van der Waals surface area contributed by atoms with Gasteiger partial charge in [-0.15, -0.1) is 0 Å². The van der Waals surface area contributed by atoms with Crippen LogP contribution in [0.3, 0.4) is 0 Å². The molecule has 1 rings (SSSR count). The molecule has 0 saturated carbocycles. The predicted octanol–water partition coefficient (Wildman–Crippen LogP) is 3.21. The molecule has 1 aromatic rings. The minimum atomic E-state index is -1.32. The fraction of sp³-hybridized carbons (Fsp3) is 0.438. The van der Waals surface area contributed by atoms with E-state index < -0.39 is 11.9 Å². The lowest BCUT2D eigenvalue weighted by molar-refractivity contribution is -0.338. The topological polar surface area (TPSA) is 65.0 Å². The van der Waals surface area contributed by atoms with Crippen LogP contribution in [0.2, 0.25) is 0 Å². The molecule has 0 radical (unpaired) electrons. The number of carbonyl (C=O) groups is 1. The third-order valence-electron chi connectivity index (χ3n) is 2.74. The summed E-state index contributed by atoms with van der Waals surface area (Å²) in [6.07, 6.45) is 1.72. The van der Waals surface area contributed by atoms with Gasteiger partial charge in [0.15, 0.2) is 0 Å². The first-order chi connectivity index (χ1) is 10.0. The standard InChI is InChI=1S/C16H22O5/c1-4-19-16(20-5-2,12-11-13(3)15(17)18)21-14-9-7-6-8-10-14/h6-11H,4-5,12H2,1-3H3,(H,17,18)/b13-11+. The van der Waals surface area contributed by atoms with Crippen LogP contribution in [0.1, 0.15) is 27.2 Å². The molecular formula is C16H22O5. The molecule has 0 aromatic heterocycles. The van der Waals surface area contributed by atoms with E-state index >= 15 is 0 Å². The van der Waals surface area contributed by atoms with E-state index in [9.17, 15) is 4.79 Å². The summed E-state index contributed by atoms with van der Waals surface area (Å²) in [4.78, 5) is 10.9. The average Bonchev–Trinajstić information content (AvgIpc) is 2.46. The van der Waals surface area contributed by atoms with Crippen LogP contribution in [0, 0.1) is 0 Å². The van der Waals surface area contributed by atoms with Crippen molar-refractivity contribution in [2.45, 2.75) is 33.2 Å². The molecule has 0 fully saturated rings. The highest BCUT2D eigenvalue weighted by Crippen LogP contribution is 2.25. The van der Waals surface area contributed by atoms with Gasteiger partial charge in [-0.2, -0.15) is 0 Å². The van der Waals surface area contributed by atoms with Crippen molar-refractivity contribution in [2.24, 2.45) is 0 Å². The average molecular weight is 294 g/mol. The molecule has 21 heavy (non-hydrogen) atoms. The van der Waals surface area contributed by atoms with Gasteiger partial charge in [-0.25, -0.2) is 4.79 Å². The molecule has 0 spiro atoms. The summed E-state index contributed by atoms with van der Waals surface area (Å²) in [6, 6.07) is 9.15. The maximum absolute atomic E-state index is 10.9. The van der Waals surface area contributed by atoms with Crippen LogP contribution in [0.5, 0.6) is 5.75 Å². The molecule has 116 valence electrons. The second kappa shape index (κ2) is 8.44. The van der Waals surface area contributed by atoms with Gasteiger partial charge in [-0.05, 0) is 32.9 Å². The molecule has 0 unspecified atom stereocenters. The molecule has 0 atom stereocenters. The smallest absolute Gasteiger partial charge is 0.330 e. The lowest BCUT2D eigenvalue weighted by atomic mass is 10.2. The zero-order valence-corrected chi connectivity index (χ0v) is 12.7. The van der Waals surface area contributed by atoms with Crippen LogP contribution >= 0.6 is 0 Å². The summed E-state index contributed by atoms with van der Waals surface area (Å²) < 4.78 is 17.1. The van der Waals surface area contributed by atoms with Crippen LogP contribution in [0.25, 0.3) is 0 Å². The summed E-state index contributed by atoms with van der Waals surface area (Å²) in [5.74, 6) is -1.70. The van der Waals surface area contributed by atoms with Crippen LogP contribution in [0.4, 0.5) is 0 Å². The summed E-state index contributed by atoms with van der Waals surface area (Å²) >= 11 is 0. The van der Waals surface area contributed by atoms with Gasteiger partial charge in [0.05, 0.1) is 19.6 Å². The van der Waals surface area contributed by atoms with E-state index in [2.05, 4.69) is 0 Å². The summed E-state index contributed by atoms with van der Waals surface area (Å²) in [5.41, 5.74) is 0.218. The SMILES string of the molecule is CCOC(C/C=C(\C)C(=O)O)(OCC)Oc1ccccc1. The number of ether oxygens (including phenoxy) is 3. The monoisotopic (exact) mass is 294 g/mol. The van der Waals surface area contributed by atoms with Gasteiger partial charge in [-0.3, -0.25) is 0 Å². The highest BCUT2D eigenvalue weighted by Gasteiger charge is 2.33. The minimum absolute atomic E-state index is 0.182. The van der Waals surface area contributed by atoms with Crippen LogP contribution in [0.15, 0.2) is 42.0 Å². The molecule has 1 N–H and O–H groups in total. The molecule has 0 aliphatic heterocycles. The van der Waals surface area contributed by atoms with Gasteiger partial charge in [0.25, 0.3) is 0 Å². The third kappa shape index (κ3) is 5.57. The molecule has 5 nitrogen and oxygen atoms in total. The van der Waals surface area contributed by atoms with Gasteiger partial charge in [0.2, 0.25) is 0 Å². The lowest BCUT2D eigenvalue weighted by Gasteiger charge is -2.32. The second-order valence-electron chi connectivity index (χ2n) is 4.36. The first kappa shape index (κ1) is 17.2. The first-order valence-corrected chi connectivity index (χ1v) is 6.95. The van der Waals surface area contributed by atoms with Crippen molar-refractivity contribution in [3.05, 3.63) is 42.0 Å². The van der Waals surface area contributed by atoms with E-state index in [0.717, 1.165) is 0 Å². The fourth-order valence-corrected chi connectivity index (χ4v) is 1.73. The maximum Gasteiger partial charge on any atom is 0.330 e. The summed E-state index contributed by atoms with van der Waals surface area (Å²) in [7, 11) is 0. The zero-order valence-electron chi connectivity index (χ0n) is 12.7. The molecule has 0 saturated heterocycles. The van der Waals surface area contributed by atoms with E-state index in [4.69, 9.17) is 19.3 Å². The van der Waals surface area contributed by atoms with Crippen molar-refractivity contribution in [3.63, 3.8) is 0 Å². The molecule has 0 aliphatic carbocycles. The number of carboxylic acids is 1. The number of hydrogen-bond donors (Lipinski definition) is 1. The highest BCUT2D eigenvalue weighted by atomic mass is 16.9.